The molecule has 1 aliphatic heterocycles. The largest absolute Gasteiger partial charge is 0.345 e. The molecule has 1 aromatic carbocycles. The number of hydrogen-bond acceptors (Lipinski definition) is 3. The lowest BCUT2D eigenvalue weighted by molar-refractivity contribution is 0.0775. The zero-order valence-electron chi connectivity index (χ0n) is 14.9. The third-order valence-electron chi connectivity index (χ3n) is 4.56. The lowest BCUT2D eigenvalue weighted by Crippen LogP contribution is -2.28. The summed E-state index contributed by atoms with van der Waals surface area (Å²) in [4.78, 5) is 14.3. The van der Waals surface area contributed by atoms with Crippen molar-refractivity contribution >= 4 is 15.9 Å². The lowest BCUT2D eigenvalue weighted by atomic mass is 10.2. The van der Waals surface area contributed by atoms with E-state index >= 15 is 0 Å². The number of benzene rings is 1. The normalized spacial score (nSPS) is 15.3. The average Bonchev–Trinajstić information content (AvgIpc) is 3.24. The van der Waals surface area contributed by atoms with Crippen molar-refractivity contribution in [2.45, 2.75) is 24.3 Å². The molecule has 0 unspecified atom stereocenters. The van der Waals surface area contributed by atoms with E-state index in [1.54, 1.807) is 26.2 Å². The van der Waals surface area contributed by atoms with E-state index in [1.807, 2.05) is 0 Å². The van der Waals surface area contributed by atoms with Crippen molar-refractivity contribution in [1.82, 2.24) is 13.8 Å². The maximum atomic E-state index is 13.3. The summed E-state index contributed by atoms with van der Waals surface area (Å²) in [5, 5.41) is 0. The van der Waals surface area contributed by atoms with Crippen LogP contribution in [0.15, 0.2) is 41.4 Å². The highest BCUT2D eigenvalue weighted by Gasteiger charge is 2.30. The second kappa shape index (κ2) is 7.20. The number of rotatable bonds is 5. The van der Waals surface area contributed by atoms with E-state index in [-0.39, 0.29) is 28.9 Å². The monoisotopic (exact) mass is 379 g/mol. The Morgan fingerprint density at radius 2 is 1.92 bits per heavy atom. The van der Waals surface area contributed by atoms with Crippen LogP contribution in [0, 0.1) is 5.82 Å². The van der Waals surface area contributed by atoms with Gasteiger partial charge in [0, 0.05) is 39.9 Å². The minimum Gasteiger partial charge on any atom is -0.345 e. The van der Waals surface area contributed by atoms with Crippen LogP contribution in [0.2, 0.25) is 0 Å². The number of aromatic nitrogens is 1. The van der Waals surface area contributed by atoms with Crippen LogP contribution < -0.4 is 0 Å². The molecule has 1 saturated heterocycles. The van der Waals surface area contributed by atoms with Gasteiger partial charge in [-0.15, -0.1) is 0 Å². The van der Waals surface area contributed by atoms with E-state index in [4.69, 9.17) is 0 Å². The van der Waals surface area contributed by atoms with Gasteiger partial charge in [0.2, 0.25) is 10.0 Å². The molecule has 0 radical (unpaired) electrons. The van der Waals surface area contributed by atoms with Crippen LogP contribution in [0.25, 0.3) is 0 Å². The van der Waals surface area contributed by atoms with E-state index in [0.29, 0.717) is 18.7 Å². The first kappa shape index (κ1) is 18.6. The van der Waals surface area contributed by atoms with E-state index in [9.17, 15) is 17.6 Å². The van der Waals surface area contributed by atoms with Crippen molar-refractivity contribution in [3.8, 4) is 0 Å². The molecule has 0 aliphatic carbocycles. The van der Waals surface area contributed by atoms with Crippen molar-refractivity contribution in [1.29, 1.82) is 0 Å². The molecule has 1 aliphatic rings. The molecule has 8 heteroatoms. The van der Waals surface area contributed by atoms with Gasteiger partial charge >= 0.3 is 0 Å². The molecule has 140 valence electrons. The highest BCUT2D eigenvalue weighted by molar-refractivity contribution is 7.89. The smallest absolute Gasteiger partial charge is 0.270 e. The first-order valence-electron chi connectivity index (χ1n) is 8.45. The fourth-order valence-electron chi connectivity index (χ4n) is 3.14. The fourth-order valence-corrected chi connectivity index (χ4v) is 4.73. The Hall–Kier alpha value is -2.19. The van der Waals surface area contributed by atoms with Crippen LogP contribution in [-0.4, -0.2) is 48.2 Å². The van der Waals surface area contributed by atoms with Crippen LogP contribution in [0.4, 0.5) is 4.39 Å². The van der Waals surface area contributed by atoms with Gasteiger partial charge in [-0.3, -0.25) is 4.79 Å². The Labute approximate surface area is 152 Å². The molecule has 6 nitrogen and oxygen atoms in total. The number of carbonyl (C=O) groups excluding carboxylic acids is 1. The Morgan fingerprint density at radius 3 is 2.58 bits per heavy atom. The summed E-state index contributed by atoms with van der Waals surface area (Å²) in [6.07, 6.45) is 3.18. The summed E-state index contributed by atoms with van der Waals surface area (Å²) in [6.45, 7) is 1.26. The fraction of sp³-hybridized carbons (Fsp3) is 0.389. The number of nitrogens with zero attached hydrogens (tertiary/aromatic N) is 3. The predicted molar refractivity (Wildman–Crippen MR) is 95.6 cm³/mol. The summed E-state index contributed by atoms with van der Waals surface area (Å²) < 4.78 is 41.6. The van der Waals surface area contributed by atoms with E-state index in [2.05, 4.69) is 0 Å². The topological polar surface area (TPSA) is 62.6 Å². The predicted octanol–water partition coefficient (Wildman–Crippen LogP) is 2.22. The average molecular weight is 379 g/mol. The Morgan fingerprint density at radius 1 is 1.23 bits per heavy atom. The van der Waals surface area contributed by atoms with Crippen LogP contribution in [-0.2, 0) is 23.6 Å². The van der Waals surface area contributed by atoms with Gasteiger partial charge in [-0.1, -0.05) is 12.1 Å². The van der Waals surface area contributed by atoms with Crippen LogP contribution >= 0.6 is 0 Å². The number of halogens is 1. The molecule has 1 aromatic heterocycles. The van der Waals surface area contributed by atoms with Crippen LogP contribution in [0.3, 0.4) is 0 Å². The maximum absolute atomic E-state index is 13.3. The molecule has 0 bridgehead atoms. The molecule has 0 spiro atoms. The molecule has 0 atom stereocenters. The molecule has 0 saturated carbocycles. The third-order valence-corrected chi connectivity index (χ3v) is 6.42. The number of sulfonamides is 1. The molecule has 1 amide bonds. The second-order valence-electron chi connectivity index (χ2n) is 6.57. The number of carbonyl (C=O) groups is 1. The third kappa shape index (κ3) is 3.66. The minimum absolute atomic E-state index is 0.129. The zero-order chi connectivity index (χ0) is 18.9. The second-order valence-corrected chi connectivity index (χ2v) is 8.51. The number of aryl methyl sites for hydroxylation is 1. The summed E-state index contributed by atoms with van der Waals surface area (Å²) in [7, 11) is -0.321. The molecule has 2 aromatic rings. The van der Waals surface area contributed by atoms with E-state index < -0.39 is 10.0 Å². The first-order valence-corrected chi connectivity index (χ1v) is 9.89. The Bertz CT molecular complexity index is 918. The Kier molecular flexibility index (Phi) is 5.15. The van der Waals surface area contributed by atoms with Gasteiger partial charge < -0.3 is 9.47 Å². The first-order chi connectivity index (χ1) is 12.3. The SMILES string of the molecule is CN(Cc1cccc(F)c1)C(=O)c1cc(S(=O)(=O)N2CCCC2)cn1C. The molecule has 2 heterocycles. The highest BCUT2D eigenvalue weighted by Crippen LogP contribution is 2.23. The molecule has 0 N–H and O–H groups in total. The van der Waals surface area contributed by atoms with Gasteiger partial charge in [0.25, 0.3) is 5.91 Å². The summed E-state index contributed by atoms with van der Waals surface area (Å²) >= 11 is 0. The van der Waals surface area contributed by atoms with E-state index in [1.165, 1.54) is 38.2 Å². The van der Waals surface area contributed by atoms with Crippen LogP contribution in [0.5, 0.6) is 0 Å². The van der Waals surface area contributed by atoms with Crippen molar-refractivity contribution < 1.29 is 17.6 Å². The molecule has 26 heavy (non-hydrogen) atoms. The van der Waals surface area contributed by atoms with E-state index in [0.717, 1.165) is 12.8 Å². The quantitative estimate of drug-likeness (QED) is 0.800. The van der Waals surface area contributed by atoms with Gasteiger partial charge in [-0.25, -0.2) is 12.8 Å². The molecular weight excluding hydrogens is 357 g/mol. The van der Waals surface area contributed by atoms with Gasteiger partial charge in [0.05, 0.1) is 0 Å². The Balaban J connectivity index is 1.80. The maximum Gasteiger partial charge on any atom is 0.270 e. The minimum atomic E-state index is -3.57. The standard InChI is InChI=1S/C18H22FN3O3S/c1-20-13-16(26(24,25)22-8-3-4-9-22)11-17(20)18(23)21(2)12-14-6-5-7-15(19)10-14/h5-7,10-11,13H,3-4,8-9,12H2,1-2H3. The van der Waals surface area contributed by atoms with Gasteiger partial charge in [0.15, 0.2) is 0 Å². The van der Waals surface area contributed by atoms with Gasteiger partial charge in [0.1, 0.15) is 16.4 Å². The molecule has 1 fully saturated rings. The molecule has 3 rings (SSSR count). The molecular formula is C18H22FN3O3S. The number of amides is 1. The van der Waals surface area contributed by atoms with Crippen molar-refractivity contribution in [3.05, 3.63) is 53.6 Å². The summed E-state index contributed by atoms with van der Waals surface area (Å²) in [5.41, 5.74) is 0.946. The van der Waals surface area contributed by atoms with Crippen molar-refractivity contribution in [2.75, 3.05) is 20.1 Å². The summed E-state index contributed by atoms with van der Waals surface area (Å²) in [5.74, 6) is -0.680. The summed E-state index contributed by atoms with van der Waals surface area (Å²) in [6, 6.07) is 7.46. The van der Waals surface area contributed by atoms with Crippen LogP contribution in [0.1, 0.15) is 28.9 Å². The van der Waals surface area contributed by atoms with Gasteiger partial charge in [-0.2, -0.15) is 4.31 Å². The van der Waals surface area contributed by atoms with Gasteiger partial charge in [-0.05, 0) is 36.6 Å². The number of hydrogen-bond donors (Lipinski definition) is 0. The van der Waals surface area contributed by atoms with Crippen molar-refractivity contribution in [2.24, 2.45) is 7.05 Å². The zero-order valence-corrected chi connectivity index (χ0v) is 15.7. The highest BCUT2D eigenvalue weighted by atomic mass is 32.2. The lowest BCUT2D eigenvalue weighted by Gasteiger charge is -2.17. The van der Waals surface area contributed by atoms with Crippen molar-refractivity contribution in [3.63, 3.8) is 0 Å².